The Labute approximate surface area is 296 Å². The Hall–Kier alpha value is -7.04. The summed E-state index contributed by atoms with van der Waals surface area (Å²) >= 11 is 0. The van der Waals surface area contributed by atoms with Gasteiger partial charge in [0.2, 0.25) is 0 Å². The predicted molar refractivity (Wildman–Crippen MR) is 213 cm³/mol. The summed E-state index contributed by atoms with van der Waals surface area (Å²) in [5.74, 6) is 0. The number of furan rings is 3. The Kier molecular flexibility index (Phi) is 5.47. The molecular weight excluding hydrogens is 639 g/mol. The van der Waals surface area contributed by atoms with Crippen LogP contribution in [0.25, 0.3) is 116 Å². The van der Waals surface area contributed by atoms with Crippen molar-refractivity contribution in [3.63, 3.8) is 0 Å². The van der Waals surface area contributed by atoms with Gasteiger partial charge in [-0.3, -0.25) is 0 Å². The lowest BCUT2D eigenvalue weighted by Crippen LogP contribution is -1.96. The summed E-state index contributed by atoms with van der Waals surface area (Å²) < 4.78 is 22.3. The summed E-state index contributed by atoms with van der Waals surface area (Å²) in [4.78, 5) is 0. The molecule has 0 aliphatic carbocycles. The molecule has 0 bridgehead atoms. The van der Waals surface area contributed by atoms with Crippen LogP contribution in [-0.2, 0) is 0 Å². The van der Waals surface area contributed by atoms with E-state index in [0.29, 0.717) is 0 Å². The van der Waals surface area contributed by atoms with Crippen LogP contribution in [0.4, 0.5) is 0 Å². The second-order valence-corrected chi connectivity index (χ2v) is 13.6. The van der Waals surface area contributed by atoms with E-state index in [1.54, 1.807) is 0 Å². The minimum atomic E-state index is 0.871. The molecule has 0 N–H and O–H groups in total. The van der Waals surface area contributed by atoms with Gasteiger partial charge in [-0.15, -0.1) is 0 Å². The van der Waals surface area contributed by atoms with Crippen LogP contribution in [0, 0.1) is 0 Å². The van der Waals surface area contributed by atoms with E-state index in [4.69, 9.17) is 13.3 Å². The molecule has 0 spiro atoms. The van der Waals surface area contributed by atoms with Crippen LogP contribution in [0.1, 0.15) is 0 Å². The molecule has 0 atom stereocenters. The second kappa shape index (κ2) is 10.3. The molecule has 0 fully saturated rings. The number of fused-ring (bicyclic) bond motifs is 13. The van der Waals surface area contributed by atoms with Crippen molar-refractivity contribution in [2.45, 2.75) is 0 Å². The fourth-order valence-electron chi connectivity index (χ4n) is 8.50. The molecule has 4 aromatic heterocycles. The highest BCUT2D eigenvalue weighted by Gasteiger charge is 2.22. The molecule has 0 amide bonds. The third-order valence-corrected chi connectivity index (χ3v) is 10.8. The minimum absolute atomic E-state index is 0.871. The number of benzene rings is 8. The van der Waals surface area contributed by atoms with Crippen molar-refractivity contribution >= 4 is 87.6 Å². The highest BCUT2D eigenvalue weighted by Crippen LogP contribution is 2.44. The molecular formula is C48H27NO3. The van der Waals surface area contributed by atoms with Gasteiger partial charge in [0.15, 0.2) is 5.58 Å². The van der Waals surface area contributed by atoms with E-state index < -0.39 is 0 Å². The fraction of sp³-hybridized carbons (Fsp3) is 0. The summed E-state index contributed by atoms with van der Waals surface area (Å²) in [5.41, 5.74) is 12.6. The first-order chi connectivity index (χ1) is 25.8. The van der Waals surface area contributed by atoms with Crippen molar-refractivity contribution in [1.82, 2.24) is 4.57 Å². The normalized spacial score (nSPS) is 12.2. The Morgan fingerprint density at radius 1 is 0.327 bits per heavy atom. The first kappa shape index (κ1) is 27.7. The van der Waals surface area contributed by atoms with Gasteiger partial charge in [0.05, 0.1) is 11.0 Å². The standard InChI is InChI=1S/C48H27NO3/c1-5-19-41-33(11-1)37-23-24-40-36-14-4-8-22-44(36)52-48(40)45(37)49(41)30-26-28(31-15-9-17-38-34-12-2-6-20-42(34)50-46(31)38)25-29(27-30)32-16-10-18-39-35-13-3-7-21-43(35)51-47(32)39/h1-27H. The molecule has 0 aliphatic heterocycles. The monoisotopic (exact) mass is 665 g/mol. The molecule has 4 nitrogen and oxygen atoms in total. The topological polar surface area (TPSA) is 44.4 Å². The maximum Gasteiger partial charge on any atom is 0.160 e. The van der Waals surface area contributed by atoms with Crippen LogP contribution in [0.15, 0.2) is 177 Å². The molecule has 12 aromatic rings. The Morgan fingerprint density at radius 3 is 1.35 bits per heavy atom. The molecule has 52 heavy (non-hydrogen) atoms. The Morgan fingerprint density at radius 2 is 0.769 bits per heavy atom. The Bertz CT molecular complexity index is 3290. The predicted octanol–water partition coefficient (Wildman–Crippen LogP) is 13.8. The van der Waals surface area contributed by atoms with E-state index in [1.807, 2.05) is 30.3 Å². The number of rotatable bonds is 3. The summed E-state index contributed by atoms with van der Waals surface area (Å²) in [6.45, 7) is 0. The van der Waals surface area contributed by atoms with Crippen LogP contribution < -0.4 is 0 Å². The largest absolute Gasteiger partial charge is 0.455 e. The molecule has 0 unspecified atom stereocenters. The zero-order valence-corrected chi connectivity index (χ0v) is 27.8. The first-order valence-corrected chi connectivity index (χ1v) is 17.6. The number of nitrogens with zero attached hydrogens (tertiary/aromatic N) is 1. The van der Waals surface area contributed by atoms with Crippen LogP contribution in [0.5, 0.6) is 0 Å². The van der Waals surface area contributed by atoms with E-state index >= 15 is 0 Å². The zero-order valence-electron chi connectivity index (χ0n) is 27.8. The van der Waals surface area contributed by atoms with E-state index in [9.17, 15) is 0 Å². The average Bonchev–Trinajstić information content (AvgIpc) is 3.96. The Balaban J connectivity index is 1.23. The smallest absolute Gasteiger partial charge is 0.160 e. The molecule has 0 radical (unpaired) electrons. The SMILES string of the molecule is c1ccc2c(c1)oc1c(-c3cc(-c4cccc5c4oc4ccccc45)cc(-n4c5ccccc5c5ccc6c7ccccc7oc6c54)c3)cccc12. The second-order valence-electron chi connectivity index (χ2n) is 13.6. The molecule has 242 valence electrons. The summed E-state index contributed by atoms with van der Waals surface area (Å²) in [6.07, 6.45) is 0. The number of hydrogen-bond donors (Lipinski definition) is 0. The minimum Gasteiger partial charge on any atom is -0.455 e. The molecule has 8 aromatic carbocycles. The van der Waals surface area contributed by atoms with Gasteiger partial charge >= 0.3 is 0 Å². The van der Waals surface area contributed by atoms with Crippen molar-refractivity contribution in [3.05, 3.63) is 164 Å². The average molecular weight is 666 g/mol. The van der Waals surface area contributed by atoms with Crippen LogP contribution >= 0.6 is 0 Å². The van der Waals surface area contributed by atoms with E-state index in [-0.39, 0.29) is 0 Å². The lowest BCUT2D eigenvalue weighted by molar-refractivity contribution is 0.670. The van der Waals surface area contributed by atoms with Gasteiger partial charge in [-0.2, -0.15) is 0 Å². The van der Waals surface area contributed by atoms with Gasteiger partial charge in [0.25, 0.3) is 0 Å². The first-order valence-electron chi connectivity index (χ1n) is 17.6. The third kappa shape index (κ3) is 3.75. The number of para-hydroxylation sites is 6. The van der Waals surface area contributed by atoms with Gasteiger partial charge in [0.1, 0.15) is 27.9 Å². The highest BCUT2D eigenvalue weighted by atomic mass is 16.3. The molecule has 0 saturated heterocycles. The lowest BCUT2D eigenvalue weighted by Gasteiger charge is -2.14. The lowest BCUT2D eigenvalue weighted by atomic mass is 9.95. The van der Waals surface area contributed by atoms with Crippen LogP contribution in [0.2, 0.25) is 0 Å². The number of aromatic nitrogens is 1. The summed E-state index contributed by atoms with van der Waals surface area (Å²) in [5, 5.41) is 8.94. The zero-order chi connectivity index (χ0) is 33.9. The van der Waals surface area contributed by atoms with Gasteiger partial charge in [-0.1, -0.05) is 115 Å². The van der Waals surface area contributed by atoms with Crippen molar-refractivity contribution < 1.29 is 13.3 Å². The summed E-state index contributed by atoms with van der Waals surface area (Å²) in [7, 11) is 0. The quantitative estimate of drug-likeness (QED) is 0.189. The molecule has 0 saturated carbocycles. The fourth-order valence-corrected chi connectivity index (χ4v) is 8.50. The van der Waals surface area contributed by atoms with Gasteiger partial charge in [0, 0.05) is 59.9 Å². The molecule has 0 aliphatic rings. The molecule has 4 heterocycles. The van der Waals surface area contributed by atoms with Crippen molar-refractivity contribution in [1.29, 1.82) is 0 Å². The van der Waals surface area contributed by atoms with E-state index in [1.165, 1.54) is 5.39 Å². The van der Waals surface area contributed by atoms with E-state index in [0.717, 1.165) is 110 Å². The van der Waals surface area contributed by atoms with E-state index in [2.05, 4.69) is 138 Å². The van der Waals surface area contributed by atoms with Gasteiger partial charge in [-0.05, 0) is 59.7 Å². The van der Waals surface area contributed by atoms with Gasteiger partial charge < -0.3 is 17.8 Å². The van der Waals surface area contributed by atoms with Gasteiger partial charge in [-0.25, -0.2) is 0 Å². The third-order valence-electron chi connectivity index (χ3n) is 10.8. The van der Waals surface area contributed by atoms with Crippen molar-refractivity contribution in [2.24, 2.45) is 0 Å². The highest BCUT2D eigenvalue weighted by molar-refractivity contribution is 6.22. The van der Waals surface area contributed by atoms with Crippen molar-refractivity contribution in [3.8, 4) is 27.9 Å². The maximum atomic E-state index is 6.72. The molecule has 12 rings (SSSR count). The van der Waals surface area contributed by atoms with Crippen LogP contribution in [-0.4, -0.2) is 4.57 Å². The molecule has 4 heteroatoms. The van der Waals surface area contributed by atoms with Crippen molar-refractivity contribution in [2.75, 3.05) is 0 Å². The maximum absolute atomic E-state index is 6.72. The van der Waals surface area contributed by atoms with Crippen LogP contribution in [0.3, 0.4) is 0 Å². The number of hydrogen-bond acceptors (Lipinski definition) is 3. The summed E-state index contributed by atoms with van der Waals surface area (Å²) in [6, 6.07) is 57.6.